The first kappa shape index (κ1) is 16.8. The van der Waals surface area contributed by atoms with Crippen LogP contribution in [-0.4, -0.2) is 48.2 Å². The number of aliphatic carboxylic acids is 1. The lowest BCUT2D eigenvalue weighted by molar-refractivity contribution is -0.141. The summed E-state index contributed by atoms with van der Waals surface area (Å²) in [6, 6.07) is 3.92. The first-order chi connectivity index (χ1) is 9.92. The van der Waals surface area contributed by atoms with Crippen molar-refractivity contribution in [3.8, 4) is 11.5 Å². The second-order valence-electron chi connectivity index (χ2n) is 4.46. The van der Waals surface area contributed by atoms with Crippen LogP contribution in [0.3, 0.4) is 0 Å². The van der Waals surface area contributed by atoms with Crippen LogP contribution in [0.4, 0.5) is 0 Å². The highest BCUT2D eigenvalue weighted by Gasteiger charge is 2.23. The molecule has 1 rings (SSSR count). The average molecular weight is 295 g/mol. The zero-order chi connectivity index (χ0) is 16.0. The van der Waals surface area contributed by atoms with Gasteiger partial charge < -0.3 is 19.5 Å². The van der Waals surface area contributed by atoms with Crippen molar-refractivity contribution in [3.05, 3.63) is 23.8 Å². The van der Waals surface area contributed by atoms with Crippen LogP contribution in [0.1, 0.15) is 31.1 Å². The van der Waals surface area contributed by atoms with Gasteiger partial charge in [0.2, 0.25) is 0 Å². The molecule has 0 bridgehead atoms. The van der Waals surface area contributed by atoms with E-state index in [-0.39, 0.29) is 5.91 Å². The summed E-state index contributed by atoms with van der Waals surface area (Å²) in [4.78, 5) is 24.4. The summed E-state index contributed by atoms with van der Waals surface area (Å²) in [6.45, 7) is 6.08. The molecule has 0 heterocycles. The number of carbonyl (C=O) groups excluding carboxylic acids is 1. The minimum Gasteiger partial charge on any atom is -0.490 e. The zero-order valence-electron chi connectivity index (χ0n) is 12.8. The summed E-state index contributed by atoms with van der Waals surface area (Å²) in [5.41, 5.74) is 0.359. The van der Waals surface area contributed by atoms with E-state index in [1.807, 2.05) is 13.8 Å². The summed E-state index contributed by atoms with van der Waals surface area (Å²) >= 11 is 0. The van der Waals surface area contributed by atoms with Crippen molar-refractivity contribution in [2.45, 2.75) is 26.8 Å². The van der Waals surface area contributed by atoms with Gasteiger partial charge in [-0.1, -0.05) is 0 Å². The Balaban J connectivity index is 3.04. The number of amides is 1. The highest BCUT2D eigenvalue weighted by Crippen LogP contribution is 2.29. The van der Waals surface area contributed by atoms with Crippen molar-refractivity contribution in [2.75, 3.05) is 20.3 Å². The van der Waals surface area contributed by atoms with E-state index in [4.69, 9.17) is 14.6 Å². The van der Waals surface area contributed by atoms with Gasteiger partial charge in [-0.05, 0) is 39.0 Å². The van der Waals surface area contributed by atoms with Crippen LogP contribution in [0, 0.1) is 0 Å². The Morgan fingerprint density at radius 3 is 2.29 bits per heavy atom. The summed E-state index contributed by atoms with van der Waals surface area (Å²) < 4.78 is 10.9. The molecule has 0 spiro atoms. The van der Waals surface area contributed by atoms with Crippen molar-refractivity contribution in [1.29, 1.82) is 0 Å². The van der Waals surface area contributed by atoms with Gasteiger partial charge >= 0.3 is 5.97 Å². The maximum Gasteiger partial charge on any atom is 0.326 e. The molecule has 0 radical (unpaired) electrons. The number of carbonyl (C=O) groups is 2. The van der Waals surface area contributed by atoms with Gasteiger partial charge in [0, 0.05) is 12.6 Å². The lowest BCUT2D eigenvalue weighted by Crippen LogP contribution is -2.40. The molecule has 1 aromatic rings. The largest absolute Gasteiger partial charge is 0.490 e. The SMILES string of the molecule is CCOc1ccc(C(=O)N(C)C(C)C(=O)O)cc1OCC. The number of ether oxygens (including phenoxy) is 2. The van der Waals surface area contributed by atoms with Crippen molar-refractivity contribution >= 4 is 11.9 Å². The third-order valence-electron chi connectivity index (χ3n) is 3.05. The average Bonchev–Trinajstić information content (AvgIpc) is 2.47. The van der Waals surface area contributed by atoms with Crippen LogP contribution < -0.4 is 9.47 Å². The minimum absolute atomic E-state index is 0.359. The lowest BCUT2D eigenvalue weighted by Gasteiger charge is -2.22. The van der Waals surface area contributed by atoms with Crippen LogP contribution in [0.25, 0.3) is 0 Å². The number of carboxylic acids is 1. The number of hydrogen-bond donors (Lipinski definition) is 1. The predicted octanol–water partition coefficient (Wildman–Crippen LogP) is 2.03. The molecule has 1 atom stereocenters. The van der Waals surface area contributed by atoms with Gasteiger partial charge in [-0.2, -0.15) is 0 Å². The van der Waals surface area contributed by atoms with Crippen molar-refractivity contribution < 1.29 is 24.2 Å². The van der Waals surface area contributed by atoms with E-state index in [9.17, 15) is 9.59 Å². The Labute approximate surface area is 124 Å². The van der Waals surface area contributed by atoms with Gasteiger partial charge in [0.25, 0.3) is 5.91 Å². The number of likely N-dealkylation sites (N-methyl/N-ethyl adjacent to an activating group) is 1. The number of nitrogens with zero attached hydrogens (tertiary/aromatic N) is 1. The molecular weight excluding hydrogens is 274 g/mol. The summed E-state index contributed by atoms with van der Waals surface area (Å²) in [5, 5.41) is 8.96. The van der Waals surface area contributed by atoms with Gasteiger partial charge in [0.1, 0.15) is 6.04 Å². The van der Waals surface area contributed by atoms with Crippen molar-refractivity contribution in [1.82, 2.24) is 4.90 Å². The molecule has 1 amide bonds. The Hall–Kier alpha value is -2.24. The highest BCUT2D eigenvalue weighted by atomic mass is 16.5. The molecule has 1 unspecified atom stereocenters. The van der Waals surface area contributed by atoms with Gasteiger partial charge in [-0.15, -0.1) is 0 Å². The van der Waals surface area contributed by atoms with Crippen LogP contribution in [0.15, 0.2) is 18.2 Å². The molecule has 116 valence electrons. The minimum atomic E-state index is -1.05. The molecule has 0 saturated carbocycles. The fourth-order valence-electron chi connectivity index (χ4n) is 1.73. The molecule has 0 fully saturated rings. The molecule has 6 nitrogen and oxygen atoms in total. The van der Waals surface area contributed by atoms with E-state index in [0.29, 0.717) is 30.3 Å². The second kappa shape index (κ2) is 7.52. The molecule has 0 saturated heterocycles. The molecule has 21 heavy (non-hydrogen) atoms. The first-order valence-corrected chi connectivity index (χ1v) is 6.81. The Morgan fingerprint density at radius 1 is 1.19 bits per heavy atom. The Bertz CT molecular complexity index is 515. The van der Waals surface area contributed by atoms with Crippen LogP contribution in [0.5, 0.6) is 11.5 Å². The monoisotopic (exact) mass is 295 g/mol. The first-order valence-electron chi connectivity index (χ1n) is 6.81. The van der Waals surface area contributed by atoms with Crippen LogP contribution in [-0.2, 0) is 4.79 Å². The molecule has 1 aromatic carbocycles. The molecular formula is C15H21NO5. The maximum atomic E-state index is 12.3. The van der Waals surface area contributed by atoms with E-state index in [1.54, 1.807) is 18.2 Å². The maximum absolute atomic E-state index is 12.3. The standard InChI is InChI=1S/C15H21NO5/c1-5-20-12-8-7-11(9-13(12)21-6-2)14(17)16(4)10(3)15(18)19/h7-10H,5-6H2,1-4H3,(H,18,19). The van der Waals surface area contributed by atoms with Gasteiger partial charge in [0.15, 0.2) is 11.5 Å². The molecule has 6 heteroatoms. The lowest BCUT2D eigenvalue weighted by atomic mass is 10.1. The third-order valence-corrected chi connectivity index (χ3v) is 3.05. The topological polar surface area (TPSA) is 76.1 Å². The quantitative estimate of drug-likeness (QED) is 0.833. The number of carboxylic acid groups (broad SMARTS) is 1. The second-order valence-corrected chi connectivity index (χ2v) is 4.46. The molecule has 0 aliphatic carbocycles. The molecule has 0 aliphatic rings. The highest BCUT2D eigenvalue weighted by molar-refractivity contribution is 5.96. The van der Waals surface area contributed by atoms with E-state index >= 15 is 0 Å². The predicted molar refractivity (Wildman–Crippen MR) is 78.0 cm³/mol. The molecule has 0 aliphatic heterocycles. The summed E-state index contributed by atoms with van der Waals surface area (Å²) in [6.07, 6.45) is 0. The normalized spacial score (nSPS) is 11.6. The molecule has 1 N–H and O–H groups in total. The number of rotatable bonds is 7. The van der Waals surface area contributed by atoms with Crippen LogP contribution >= 0.6 is 0 Å². The summed E-state index contributed by atoms with van der Waals surface area (Å²) in [7, 11) is 1.46. The molecule has 0 aromatic heterocycles. The van der Waals surface area contributed by atoms with E-state index < -0.39 is 12.0 Å². The van der Waals surface area contributed by atoms with Crippen molar-refractivity contribution in [2.24, 2.45) is 0 Å². The van der Waals surface area contributed by atoms with Gasteiger partial charge in [-0.25, -0.2) is 4.79 Å². The fraction of sp³-hybridized carbons (Fsp3) is 0.467. The van der Waals surface area contributed by atoms with E-state index in [2.05, 4.69) is 0 Å². The van der Waals surface area contributed by atoms with Crippen molar-refractivity contribution in [3.63, 3.8) is 0 Å². The Kier molecular flexibility index (Phi) is 6.02. The number of hydrogen-bond acceptors (Lipinski definition) is 4. The zero-order valence-corrected chi connectivity index (χ0v) is 12.8. The van der Waals surface area contributed by atoms with Gasteiger partial charge in [-0.3, -0.25) is 4.79 Å². The smallest absolute Gasteiger partial charge is 0.326 e. The van der Waals surface area contributed by atoms with Crippen LogP contribution in [0.2, 0.25) is 0 Å². The third kappa shape index (κ3) is 4.11. The summed E-state index contributed by atoms with van der Waals surface area (Å²) in [5.74, 6) is -0.401. The van der Waals surface area contributed by atoms with Gasteiger partial charge in [0.05, 0.1) is 13.2 Å². The van der Waals surface area contributed by atoms with E-state index in [1.165, 1.54) is 18.9 Å². The van der Waals surface area contributed by atoms with E-state index in [0.717, 1.165) is 0 Å². The fourth-order valence-corrected chi connectivity index (χ4v) is 1.73. The Morgan fingerprint density at radius 2 is 1.76 bits per heavy atom. The number of benzene rings is 1.